The van der Waals surface area contributed by atoms with E-state index in [1.54, 1.807) is 0 Å². The first-order valence-electron chi connectivity index (χ1n) is 6.69. The van der Waals surface area contributed by atoms with Crippen LogP contribution in [0.3, 0.4) is 0 Å². The van der Waals surface area contributed by atoms with E-state index in [9.17, 15) is 9.90 Å². The van der Waals surface area contributed by atoms with Gasteiger partial charge in [-0.1, -0.05) is 0 Å². The van der Waals surface area contributed by atoms with Crippen LogP contribution >= 0.6 is 0 Å². The molecule has 0 bridgehead atoms. The van der Waals surface area contributed by atoms with E-state index in [1.807, 2.05) is 6.92 Å². The van der Waals surface area contributed by atoms with Crippen molar-refractivity contribution in [2.24, 2.45) is 5.92 Å². The zero-order valence-corrected chi connectivity index (χ0v) is 10.7. The normalized spacial score (nSPS) is 35.7. The number of piperidine rings is 1. The Morgan fingerprint density at radius 3 is 2.94 bits per heavy atom. The lowest BCUT2D eigenvalue weighted by molar-refractivity contribution is -0.154. The number of hydrogen-bond donors (Lipinski definition) is 1. The third kappa shape index (κ3) is 2.80. The highest BCUT2D eigenvalue weighted by molar-refractivity contribution is 5.78. The Labute approximate surface area is 103 Å². The summed E-state index contributed by atoms with van der Waals surface area (Å²) in [5.41, 5.74) is -0.657. The van der Waals surface area contributed by atoms with Crippen LogP contribution in [0.25, 0.3) is 0 Å². The van der Waals surface area contributed by atoms with E-state index in [0.29, 0.717) is 5.92 Å². The van der Waals surface area contributed by atoms with Gasteiger partial charge in [0.1, 0.15) is 5.54 Å². The third-order valence-corrected chi connectivity index (χ3v) is 4.23. The molecule has 4 nitrogen and oxygen atoms in total. The maximum atomic E-state index is 11.5. The minimum absolute atomic E-state index is 0.514. The molecule has 98 valence electrons. The van der Waals surface area contributed by atoms with Crippen molar-refractivity contribution in [1.82, 2.24) is 4.90 Å². The Morgan fingerprint density at radius 1 is 1.47 bits per heavy atom. The Hall–Kier alpha value is -0.610. The van der Waals surface area contributed by atoms with E-state index in [2.05, 4.69) is 4.90 Å². The molecule has 2 aliphatic heterocycles. The van der Waals surface area contributed by atoms with Gasteiger partial charge in [-0.2, -0.15) is 0 Å². The van der Waals surface area contributed by atoms with Crippen molar-refractivity contribution in [3.8, 4) is 0 Å². The number of aliphatic carboxylic acids is 1. The molecule has 2 heterocycles. The van der Waals surface area contributed by atoms with E-state index in [-0.39, 0.29) is 0 Å². The minimum Gasteiger partial charge on any atom is -0.480 e. The molecule has 0 amide bonds. The summed E-state index contributed by atoms with van der Waals surface area (Å²) in [6, 6.07) is 0. The molecule has 2 fully saturated rings. The summed E-state index contributed by atoms with van der Waals surface area (Å²) >= 11 is 0. The largest absolute Gasteiger partial charge is 0.480 e. The molecule has 4 heteroatoms. The standard InChI is InChI=1S/C13H23NO3/c1-13(12(15)16)6-2-3-7-14(13)9-11-5-4-8-17-10-11/h11H,2-10H2,1H3,(H,15,16). The van der Waals surface area contributed by atoms with E-state index >= 15 is 0 Å². The lowest BCUT2D eigenvalue weighted by atomic mass is 9.87. The molecule has 2 rings (SSSR count). The third-order valence-electron chi connectivity index (χ3n) is 4.23. The van der Waals surface area contributed by atoms with Gasteiger partial charge in [0.2, 0.25) is 0 Å². The quantitative estimate of drug-likeness (QED) is 0.817. The molecular formula is C13H23NO3. The molecule has 0 aromatic carbocycles. The highest BCUT2D eigenvalue weighted by atomic mass is 16.5. The molecule has 17 heavy (non-hydrogen) atoms. The average molecular weight is 241 g/mol. The van der Waals surface area contributed by atoms with Crippen molar-refractivity contribution in [1.29, 1.82) is 0 Å². The first kappa shape index (κ1) is 12.8. The predicted molar refractivity (Wildman–Crippen MR) is 65.0 cm³/mol. The fraction of sp³-hybridized carbons (Fsp3) is 0.923. The molecule has 0 spiro atoms. The van der Waals surface area contributed by atoms with Gasteiger partial charge in [0.25, 0.3) is 0 Å². The second-order valence-electron chi connectivity index (χ2n) is 5.57. The van der Waals surface area contributed by atoms with E-state index in [1.165, 1.54) is 6.42 Å². The number of hydrogen-bond acceptors (Lipinski definition) is 3. The summed E-state index contributed by atoms with van der Waals surface area (Å²) in [4.78, 5) is 13.6. The van der Waals surface area contributed by atoms with Gasteiger partial charge in [0.05, 0.1) is 6.61 Å². The Kier molecular flexibility index (Phi) is 4.05. The monoisotopic (exact) mass is 241 g/mol. The first-order chi connectivity index (χ1) is 8.13. The summed E-state index contributed by atoms with van der Waals surface area (Å²) < 4.78 is 5.48. The number of ether oxygens (including phenoxy) is 1. The van der Waals surface area contributed by atoms with Gasteiger partial charge in [0, 0.05) is 13.2 Å². The molecular weight excluding hydrogens is 218 g/mol. The highest BCUT2D eigenvalue weighted by Crippen LogP contribution is 2.30. The van der Waals surface area contributed by atoms with Gasteiger partial charge in [0.15, 0.2) is 0 Å². The first-order valence-corrected chi connectivity index (χ1v) is 6.69. The zero-order valence-electron chi connectivity index (χ0n) is 10.7. The molecule has 0 saturated carbocycles. The van der Waals surface area contributed by atoms with Crippen molar-refractivity contribution in [3.63, 3.8) is 0 Å². The molecule has 0 aromatic rings. The van der Waals surface area contributed by atoms with Crippen molar-refractivity contribution in [3.05, 3.63) is 0 Å². The van der Waals surface area contributed by atoms with Crippen molar-refractivity contribution in [2.45, 2.75) is 44.6 Å². The predicted octanol–water partition coefficient (Wildman–Crippen LogP) is 1.74. The van der Waals surface area contributed by atoms with Crippen LogP contribution in [0.5, 0.6) is 0 Å². The van der Waals surface area contributed by atoms with Gasteiger partial charge >= 0.3 is 5.97 Å². The molecule has 0 aliphatic carbocycles. The summed E-state index contributed by atoms with van der Waals surface area (Å²) in [6.45, 7) is 5.33. The Morgan fingerprint density at radius 2 is 2.29 bits per heavy atom. The van der Waals surface area contributed by atoms with Crippen molar-refractivity contribution >= 4 is 5.97 Å². The fourth-order valence-corrected chi connectivity index (χ4v) is 2.97. The smallest absolute Gasteiger partial charge is 0.323 e. The maximum Gasteiger partial charge on any atom is 0.323 e. The maximum absolute atomic E-state index is 11.5. The number of nitrogens with zero attached hydrogens (tertiary/aromatic N) is 1. The number of carboxylic acids is 1. The topological polar surface area (TPSA) is 49.8 Å². The van der Waals surface area contributed by atoms with Gasteiger partial charge < -0.3 is 9.84 Å². The van der Waals surface area contributed by atoms with E-state index in [4.69, 9.17) is 4.74 Å². The highest BCUT2D eigenvalue weighted by Gasteiger charge is 2.41. The number of likely N-dealkylation sites (tertiary alicyclic amines) is 1. The summed E-state index contributed by atoms with van der Waals surface area (Å²) in [5, 5.41) is 9.42. The summed E-state index contributed by atoms with van der Waals surface area (Å²) in [5.74, 6) is -0.158. The molecule has 2 unspecified atom stereocenters. The molecule has 0 radical (unpaired) electrons. The van der Waals surface area contributed by atoms with E-state index < -0.39 is 11.5 Å². The Balaban J connectivity index is 1.98. The van der Waals surface area contributed by atoms with Crippen LogP contribution in [0, 0.1) is 5.92 Å². The number of rotatable bonds is 3. The molecule has 2 aliphatic rings. The van der Waals surface area contributed by atoms with Crippen LogP contribution in [0.2, 0.25) is 0 Å². The van der Waals surface area contributed by atoms with Gasteiger partial charge in [-0.3, -0.25) is 9.69 Å². The molecule has 1 N–H and O–H groups in total. The van der Waals surface area contributed by atoms with E-state index in [0.717, 1.165) is 52.0 Å². The SMILES string of the molecule is CC1(C(=O)O)CCCCN1CC1CCCOC1. The lowest BCUT2D eigenvalue weighted by Gasteiger charge is -2.43. The van der Waals surface area contributed by atoms with Crippen molar-refractivity contribution in [2.75, 3.05) is 26.3 Å². The average Bonchev–Trinajstić information content (AvgIpc) is 2.33. The summed E-state index contributed by atoms with van der Waals surface area (Å²) in [7, 11) is 0. The zero-order chi connectivity index (χ0) is 12.3. The second-order valence-corrected chi connectivity index (χ2v) is 5.57. The van der Waals surface area contributed by atoms with Gasteiger partial charge in [-0.15, -0.1) is 0 Å². The number of carbonyl (C=O) groups is 1. The molecule has 2 saturated heterocycles. The number of carboxylic acid groups (broad SMARTS) is 1. The second kappa shape index (κ2) is 5.36. The van der Waals surface area contributed by atoms with Crippen LogP contribution < -0.4 is 0 Å². The van der Waals surface area contributed by atoms with Crippen LogP contribution in [-0.2, 0) is 9.53 Å². The fourth-order valence-electron chi connectivity index (χ4n) is 2.97. The molecule has 0 aromatic heterocycles. The van der Waals surface area contributed by atoms with Crippen LogP contribution in [0.15, 0.2) is 0 Å². The lowest BCUT2D eigenvalue weighted by Crippen LogP contribution is -2.56. The van der Waals surface area contributed by atoms with Crippen LogP contribution in [-0.4, -0.2) is 47.8 Å². The summed E-state index contributed by atoms with van der Waals surface area (Å²) in [6.07, 6.45) is 5.21. The van der Waals surface area contributed by atoms with Crippen LogP contribution in [0.1, 0.15) is 39.0 Å². The van der Waals surface area contributed by atoms with Crippen LogP contribution in [0.4, 0.5) is 0 Å². The van der Waals surface area contributed by atoms with Crippen molar-refractivity contribution < 1.29 is 14.6 Å². The minimum atomic E-state index is -0.672. The van der Waals surface area contributed by atoms with Gasteiger partial charge in [-0.25, -0.2) is 0 Å². The van der Waals surface area contributed by atoms with Gasteiger partial charge in [-0.05, 0) is 51.5 Å². The molecule has 2 atom stereocenters. The Bertz CT molecular complexity index is 276.